The Kier molecular flexibility index (Phi) is 8.89. The van der Waals surface area contributed by atoms with Crippen molar-refractivity contribution in [2.75, 3.05) is 6.61 Å². The van der Waals surface area contributed by atoms with Crippen molar-refractivity contribution >= 4 is 64.7 Å². The van der Waals surface area contributed by atoms with E-state index in [2.05, 4.69) is 52.5 Å². The molecule has 1 fully saturated rings. The summed E-state index contributed by atoms with van der Waals surface area (Å²) >= 11 is 0. The van der Waals surface area contributed by atoms with E-state index < -0.39 is 0 Å². The van der Waals surface area contributed by atoms with Crippen LogP contribution in [0.2, 0.25) is 0 Å². The Hall–Kier alpha value is -3.36. The van der Waals surface area contributed by atoms with Crippen LogP contribution in [-0.4, -0.2) is 46.8 Å². The average molecular weight is 601 g/mol. The molecule has 226 valence electrons. The van der Waals surface area contributed by atoms with Crippen LogP contribution < -0.4 is 36.2 Å². The Labute approximate surface area is 275 Å². The number of allylic oxidation sites excluding steroid dienone is 1. The predicted octanol–water partition coefficient (Wildman–Crippen LogP) is 3.14. The Morgan fingerprint density at radius 3 is 2.36 bits per heavy atom. The maximum absolute atomic E-state index is 12.5. The third-order valence-electron chi connectivity index (χ3n) is 9.82. The molecule has 1 saturated heterocycles. The van der Waals surface area contributed by atoms with Crippen LogP contribution in [0.4, 0.5) is 0 Å². The summed E-state index contributed by atoms with van der Waals surface area (Å²) in [6.07, 6.45) is 9.85. The van der Waals surface area contributed by atoms with Crippen molar-refractivity contribution in [2.24, 2.45) is 17.8 Å². The van der Waals surface area contributed by atoms with Gasteiger partial charge in [0.25, 0.3) is 0 Å². The number of carbonyl (C=O) groups is 1. The predicted molar refractivity (Wildman–Crippen MR) is 177 cm³/mol. The second kappa shape index (κ2) is 12.2. The smallest absolute Gasteiger partial charge is 0.681 e. The molecule has 5 heterocycles. The number of esters is 1. The molecule has 2 aliphatic heterocycles. The molecule has 1 aliphatic carbocycles. The van der Waals surface area contributed by atoms with Crippen molar-refractivity contribution in [1.29, 1.82) is 0 Å². The van der Waals surface area contributed by atoms with Crippen molar-refractivity contribution in [3.8, 4) is 0 Å². The fourth-order valence-electron chi connectivity index (χ4n) is 7.30. The van der Waals surface area contributed by atoms with E-state index in [1.807, 2.05) is 26.8 Å². The molecule has 0 saturated carbocycles. The van der Waals surface area contributed by atoms with Gasteiger partial charge in [0, 0.05) is 12.3 Å². The SMILES string of the molecule is C=Cc1c2[n-]c(c1C)/C=C1\[N-]C(C3=c4[n-]c(c(C)c4=C(O)[C@@H]3C)/C=c3\[n-]/c(c(C)c3CC)=C\2)[C@@H](CCC(=O)OCC)[C@@H]1C.[Mg+2]. The Balaban J connectivity index is 0.00000384. The number of carbonyl (C=O) groups excluding carboxylic acids is 1. The second-order valence-electron chi connectivity index (χ2n) is 12.1. The van der Waals surface area contributed by atoms with Gasteiger partial charge in [-0.2, -0.15) is 5.70 Å². The number of fused-ring (bicyclic) bond motifs is 8. The van der Waals surface area contributed by atoms with E-state index >= 15 is 0 Å². The van der Waals surface area contributed by atoms with E-state index in [0.717, 1.165) is 78.3 Å². The summed E-state index contributed by atoms with van der Waals surface area (Å²) in [5.41, 5.74) is 9.77. The summed E-state index contributed by atoms with van der Waals surface area (Å²) in [5.74, 6) is 0.0209. The quantitative estimate of drug-likeness (QED) is 0.345. The van der Waals surface area contributed by atoms with Gasteiger partial charge in [-0.25, -0.2) is 0 Å². The topological polar surface area (TPSA) is 103 Å². The number of hydrogen-bond donors (Lipinski definition) is 1. The van der Waals surface area contributed by atoms with Crippen LogP contribution in [0.25, 0.3) is 41.0 Å². The van der Waals surface area contributed by atoms with Gasteiger partial charge in [-0.1, -0.05) is 85.5 Å². The number of aliphatic hydroxyl groups is 1. The van der Waals surface area contributed by atoms with Crippen molar-refractivity contribution in [1.82, 2.24) is 15.0 Å². The van der Waals surface area contributed by atoms with Crippen LogP contribution >= 0.6 is 0 Å². The van der Waals surface area contributed by atoms with E-state index in [-0.39, 0.29) is 52.8 Å². The van der Waals surface area contributed by atoms with Gasteiger partial charge in [0.15, 0.2) is 0 Å². The fourth-order valence-corrected chi connectivity index (χ4v) is 7.30. The third-order valence-corrected chi connectivity index (χ3v) is 9.82. The summed E-state index contributed by atoms with van der Waals surface area (Å²) in [6.45, 7) is 18.9. The number of hydrogen-bond acceptors (Lipinski definition) is 3. The van der Waals surface area contributed by atoms with Gasteiger partial charge in [-0.05, 0) is 63.2 Å². The van der Waals surface area contributed by atoms with Crippen molar-refractivity contribution in [3.63, 3.8) is 0 Å². The molecule has 4 atom stereocenters. The molecule has 6 rings (SSSR count). The van der Waals surface area contributed by atoms with Gasteiger partial charge >= 0.3 is 29.0 Å². The Morgan fingerprint density at radius 1 is 0.977 bits per heavy atom. The van der Waals surface area contributed by atoms with Gasteiger partial charge in [0.1, 0.15) is 5.76 Å². The number of nitrogens with zero attached hydrogens (tertiary/aromatic N) is 4. The monoisotopic (exact) mass is 600 g/mol. The molecule has 8 heteroatoms. The molecule has 44 heavy (non-hydrogen) atoms. The minimum Gasteiger partial charge on any atom is -0.681 e. The molecular weight excluding hydrogens is 561 g/mol. The summed E-state index contributed by atoms with van der Waals surface area (Å²) in [7, 11) is 0. The number of aromatic nitrogens is 3. The molecule has 0 radical (unpaired) electrons. The Bertz CT molecular complexity index is 1940. The van der Waals surface area contributed by atoms with Crippen molar-refractivity contribution in [3.05, 3.63) is 83.8 Å². The fraction of sp³-hybridized carbons (Fsp3) is 0.417. The molecule has 1 unspecified atom stereocenters. The van der Waals surface area contributed by atoms with E-state index in [1.54, 1.807) is 0 Å². The molecule has 1 N–H and O–H groups in total. The minimum absolute atomic E-state index is 0. The van der Waals surface area contributed by atoms with Crippen LogP contribution in [-0.2, 0) is 16.0 Å². The second-order valence-corrected chi connectivity index (χ2v) is 12.1. The first-order valence-electron chi connectivity index (χ1n) is 15.4. The van der Waals surface area contributed by atoms with Gasteiger partial charge in [0.2, 0.25) is 0 Å². The van der Waals surface area contributed by atoms with Gasteiger partial charge in [-0.3, -0.25) is 4.79 Å². The zero-order valence-corrected chi connectivity index (χ0v) is 28.3. The van der Waals surface area contributed by atoms with E-state index in [0.29, 0.717) is 25.2 Å². The van der Waals surface area contributed by atoms with Crippen molar-refractivity contribution < 1.29 is 14.6 Å². The molecule has 0 aromatic carbocycles. The third kappa shape index (κ3) is 5.00. The van der Waals surface area contributed by atoms with Gasteiger partial charge in [0.05, 0.1) is 6.61 Å². The standard InChI is InChI=1S/C36H40N4O3.Mg/c1-9-22-17(4)25-14-27-19(6)24(12-13-31(41)43-11-3)34(39-27)32-21(8)36(42)33-20(7)28(40-35(32)33)16-30-23(10-2)18(5)26(38-30)15-29(22)37-25;/h9,14-16,19,21,24,34,42H,1,10-13H2,2-8H3;/q-4;+2/b26-15-,27-14-,30-16-;/t19-,21+,24-,34?;/m0./s1. The van der Waals surface area contributed by atoms with Gasteiger partial charge < -0.3 is 30.1 Å². The summed E-state index contributed by atoms with van der Waals surface area (Å²) in [4.78, 5) is 27.7. The minimum atomic E-state index is -0.235. The molecule has 7 nitrogen and oxygen atoms in total. The Morgan fingerprint density at radius 2 is 1.68 bits per heavy atom. The van der Waals surface area contributed by atoms with Crippen LogP contribution in [0.15, 0.2) is 12.3 Å². The molecule has 3 aromatic rings. The molecule has 8 bridgehead atoms. The number of aliphatic hydroxyl groups excluding tert-OH is 1. The maximum atomic E-state index is 12.5. The molecule has 3 aliphatic rings. The number of rotatable bonds is 6. The zero-order chi connectivity index (χ0) is 30.7. The molecule has 3 aromatic heterocycles. The summed E-state index contributed by atoms with van der Waals surface area (Å²) < 4.78 is 5.28. The van der Waals surface area contributed by atoms with Gasteiger partial charge in [-0.15, -0.1) is 33.1 Å². The molecule has 0 amide bonds. The summed E-state index contributed by atoms with van der Waals surface area (Å²) in [5, 5.41) is 20.2. The normalized spacial score (nSPS) is 24.4. The van der Waals surface area contributed by atoms with Crippen LogP contribution in [0.1, 0.15) is 85.4 Å². The van der Waals surface area contributed by atoms with E-state index in [1.165, 1.54) is 5.56 Å². The van der Waals surface area contributed by atoms with E-state index in [4.69, 9.17) is 25.0 Å². The largest absolute Gasteiger partial charge is 2.00 e. The van der Waals surface area contributed by atoms with E-state index in [9.17, 15) is 9.90 Å². The van der Waals surface area contributed by atoms with Crippen LogP contribution in [0, 0.1) is 38.5 Å². The first-order chi connectivity index (χ1) is 20.6. The summed E-state index contributed by atoms with van der Waals surface area (Å²) in [6, 6.07) is -0.235. The first-order valence-corrected chi connectivity index (χ1v) is 15.4. The van der Waals surface area contributed by atoms with Crippen LogP contribution in [0.3, 0.4) is 0 Å². The molecule has 0 spiro atoms. The zero-order valence-electron chi connectivity index (χ0n) is 26.9. The van der Waals surface area contributed by atoms with Crippen LogP contribution in [0.5, 0.6) is 0 Å². The van der Waals surface area contributed by atoms with Crippen molar-refractivity contribution in [2.45, 2.75) is 73.8 Å². The maximum Gasteiger partial charge on any atom is 2.00 e. The molecular formula is C36H40MgN4O3-2. The number of ether oxygens (including phenoxy) is 1. The average Bonchev–Trinajstić information content (AvgIpc) is 3.70. The first kappa shape index (κ1) is 32.0.